The number of non-ortho nitro benzene ring substituents is 1. The van der Waals surface area contributed by atoms with Crippen molar-refractivity contribution < 1.29 is 19.2 Å². The Morgan fingerprint density at radius 3 is 2.71 bits per heavy atom. The van der Waals surface area contributed by atoms with Crippen molar-refractivity contribution in [2.75, 3.05) is 11.9 Å². The maximum atomic E-state index is 11.9. The molecule has 9 heteroatoms. The lowest BCUT2D eigenvalue weighted by Crippen LogP contribution is -2.20. The summed E-state index contributed by atoms with van der Waals surface area (Å²) in [5.41, 5.74) is 0.155. The molecule has 0 unspecified atom stereocenters. The fourth-order valence-electron chi connectivity index (χ4n) is 1.79. The maximum Gasteiger partial charge on any atom is 0.270 e. The number of amides is 1. The molecule has 124 valence electrons. The minimum Gasteiger partial charge on any atom is -0.483 e. The van der Waals surface area contributed by atoms with E-state index in [4.69, 9.17) is 16.3 Å². The van der Waals surface area contributed by atoms with Gasteiger partial charge in [0.05, 0.1) is 21.2 Å². The predicted molar refractivity (Wildman–Crippen MR) is 91.8 cm³/mol. The Bertz CT molecular complexity index is 812. The van der Waals surface area contributed by atoms with Crippen LogP contribution < -0.4 is 10.1 Å². The van der Waals surface area contributed by atoms with Gasteiger partial charge in [-0.3, -0.25) is 19.7 Å². The van der Waals surface area contributed by atoms with Gasteiger partial charge in [-0.15, -0.1) is 0 Å². The zero-order valence-corrected chi connectivity index (χ0v) is 14.3. The zero-order chi connectivity index (χ0) is 17.7. The van der Waals surface area contributed by atoms with Crippen LogP contribution in [0.1, 0.15) is 10.4 Å². The van der Waals surface area contributed by atoms with E-state index in [2.05, 4.69) is 21.2 Å². The Morgan fingerprint density at radius 1 is 1.33 bits per heavy atom. The molecule has 0 heterocycles. The number of ether oxygens (including phenoxy) is 1. The molecule has 2 rings (SSSR count). The Labute approximate surface area is 149 Å². The van der Waals surface area contributed by atoms with E-state index >= 15 is 0 Å². The summed E-state index contributed by atoms with van der Waals surface area (Å²) in [6.07, 6.45) is 0.422. The molecule has 2 aromatic carbocycles. The van der Waals surface area contributed by atoms with Crippen LogP contribution in [0.15, 0.2) is 40.9 Å². The molecule has 0 bridgehead atoms. The summed E-state index contributed by atoms with van der Waals surface area (Å²) in [6, 6.07) is 8.48. The van der Waals surface area contributed by atoms with Crippen LogP contribution in [0.4, 0.5) is 11.4 Å². The van der Waals surface area contributed by atoms with Gasteiger partial charge in [0.1, 0.15) is 5.75 Å². The van der Waals surface area contributed by atoms with Gasteiger partial charge in [0.2, 0.25) is 0 Å². The lowest BCUT2D eigenvalue weighted by atomic mass is 10.2. The van der Waals surface area contributed by atoms with E-state index in [-0.39, 0.29) is 23.6 Å². The molecule has 0 aliphatic carbocycles. The molecular weight excluding hydrogens is 404 g/mol. The van der Waals surface area contributed by atoms with Crippen LogP contribution in [0.25, 0.3) is 0 Å². The van der Waals surface area contributed by atoms with Gasteiger partial charge in [0.25, 0.3) is 11.6 Å². The highest BCUT2D eigenvalue weighted by atomic mass is 79.9. The first-order valence-corrected chi connectivity index (χ1v) is 7.69. The highest BCUT2D eigenvalue weighted by Crippen LogP contribution is 2.26. The Balaban J connectivity index is 2.03. The molecule has 1 N–H and O–H groups in total. The van der Waals surface area contributed by atoms with E-state index < -0.39 is 10.8 Å². The van der Waals surface area contributed by atoms with E-state index in [0.29, 0.717) is 17.0 Å². The SMILES string of the molecule is O=Cc1cc([N+](=O)[O-])ccc1OCC(=O)Nc1ccc(Br)cc1Cl. The number of nitro groups is 1. The summed E-state index contributed by atoms with van der Waals surface area (Å²) in [6.45, 7) is -0.384. The second-order valence-corrected chi connectivity index (χ2v) is 5.88. The monoisotopic (exact) mass is 412 g/mol. The molecule has 0 fully saturated rings. The third kappa shape index (κ3) is 4.53. The van der Waals surface area contributed by atoms with Gasteiger partial charge in [-0.25, -0.2) is 0 Å². The van der Waals surface area contributed by atoms with Crippen molar-refractivity contribution in [3.8, 4) is 5.75 Å². The van der Waals surface area contributed by atoms with Crippen molar-refractivity contribution in [1.29, 1.82) is 0 Å². The van der Waals surface area contributed by atoms with Crippen LogP contribution in [-0.2, 0) is 4.79 Å². The minimum atomic E-state index is -0.626. The minimum absolute atomic E-state index is 0.0151. The standard InChI is InChI=1S/C15H10BrClN2O5/c16-10-1-3-13(12(17)6-10)18-15(21)8-24-14-4-2-11(19(22)23)5-9(14)7-20/h1-7H,8H2,(H,18,21). The van der Waals surface area contributed by atoms with Crippen molar-refractivity contribution >= 4 is 51.1 Å². The van der Waals surface area contributed by atoms with Gasteiger partial charge in [-0.2, -0.15) is 0 Å². The number of hydrogen-bond acceptors (Lipinski definition) is 5. The van der Waals surface area contributed by atoms with Crippen molar-refractivity contribution in [3.05, 3.63) is 61.6 Å². The Kier molecular flexibility index (Phi) is 5.88. The van der Waals surface area contributed by atoms with Gasteiger partial charge in [0, 0.05) is 16.6 Å². The molecule has 0 atom stereocenters. The first kappa shape index (κ1) is 17.9. The van der Waals surface area contributed by atoms with E-state index in [0.717, 1.165) is 10.5 Å². The predicted octanol–water partition coefficient (Wildman–Crippen LogP) is 3.84. The van der Waals surface area contributed by atoms with E-state index in [1.54, 1.807) is 18.2 Å². The molecule has 2 aromatic rings. The van der Waals surface area contributed by atoms with Crippen LogP contribution in [0, 0.1) is 10.1 Å². The zero-order valence-electron chi connectivity index (χ0n) is 12.0. The summed E-state index contributed by atoms with van der Waals surface area (Å²) >= 11 is 9.24. The molecule has 24 heavy (non-hydrogen) atoms. The number of halogens is 2. The van der Waals surface area contributed by atoms with E-state index in [1.807, 2.05) is 0 Å². The highest BCUT2D eigenvalue weighted by Gasteiger charge is 2.13. The van der Waals surface area contributed by atoms with Gasteiger partial charge >= 0.3 is 0 Å². The molecule has 0 saturated heterocycles. The van der Waals surface area contributed by atoms with Crippen molar-refractivity contribution in [2.24, 2.45) is 0 Å². The Hall–Kier alpha value is -2.45. The number of nitro benzene ring substituents is 1. The number of carbonyl (C=O) groups is 2. The van der Waals surface area contributed by atoms with Crippen LogP contribution in [0.3, 0.4) is 0 Å². The summed E-state index contributed by atoms with van der Waals surface area (Å²) in [4.78, 5) is 32.9. The van der Waals surface area contributed by atoms with Gasteiger partial charge in [0.15, 0.2) is 12.9 Å². The average Bonchev–Trinajstić information content (AvgIpc) is 2.55. The Morgan fingerprint density at radius 2 is 2.08 bits per heavy atom. The number of hydrogen-bond donors (Lipinski definition) is 1. The number of carbonyl (C=O) groups excluding carboxylic acids is 2. The molecule has 0 saturated carbocycles. The summed E-state index contributed by atoms with van der Waals surface area (Å²) in [5, 5.41) is 13.6. The molecular formula is C15H10BrClN2O5. The normalized spacial score (nSPS) is 10.1. The first-order chi connectivity index (χ1) is 11.4. The summed E-state index contributed by atoms with van der Waals surface area (Å²) < 4.78 is 6.01. The number of rotatable bonds is 6. The van der Waals surface area contributed by atoms with Crippen LogP contribution in [0.5, 0.6) is 5.75 Å². The van der Waals surface area contributed by atoms with Crippen molar-refractivity contribution in [1.82, 2.24) is 0 Å². The van der Waals surface area contributed by atoms with Gasteiger partial charge < -0.3 is 10.1 Å². The quantitative estimate of drug-likeness (QED) is 0.441. The average molecular weight is 414 g/mol. The number of nitrogens with one attached hydrogen (secondary N) is 1. The van der Waals surface area contributed by atoms with Crippen LogP contribution >= 0.6 is 27.5 Å². The second kappa shape index (κ2) is 7.89. The van der Waals surface area contributed by atoms with Gasteiger partial charge in [-0.05, 0) is 24.3 Å². The van der Waals surface area contributed by atoms with Crippen molar-refractivity contribution in [2.45, 2.75) is 0 Å². The molecule has 0 spiro atoms. The van der Waals surface area contributed by atoms with Crippen molar-refractivity contribution in [3.63, 3.8) is 0 Å². The fourth-order valence-corrected chi connectivity index (χ4v) is 2.51. The topological polar surface area (TPSA) is 98.5 Å². The van der Waals surface area contributed by atoms with E-state index in [9.17, 15) is 19.7 Å². The number of anilines is 1. The third-order valence-corrected chi connectivity index (χ3v) is 3.70. The fraction of sp³-hybridized carbons (Fsp3) is 0.0667. The highest BCUT2D eigenvalue weighted by molar-refractivity contribution is 9.10. The molecule has 0 aliphatic heterocycles. The summed E-state index contributed by atoms with van der Waals surface area (Å²) in [7, 11) is 0. The lowest BCUT2D eigenvalue weighted by molar-refractivity contribution is -0.384. The third-order valence-electron chi connectivity index (χ3n) is 2.90. The number of nitrogens with zero attached hydrogens (tertiary/aromatic N) is 1. The maximum absolute atomic E-state index is 11.9. The smallest absolute Gasteiger partial charge is 0.270 e. The first-order valence-electron chi connectivity index (χ1n) is 6.52. The number of aldehydes is 1. The molecule has 7 nitrogen and oxygen atoms in total. The second-order valence-electron chi connectivity index (χ2n) is 4.56. The summed E-state index contributed by atoms with van der Waals surface area (Å²) in [5.74, 6) is -0.415. The largest absolute Gasteiger partial charge is 0.483 e. The van der Waals surface area contributed by atoms with Crippen LogP contribution in [-0.4, -0.2) is 23.7 Å². The molecule has 1 amide bonds. The molecule has 0 radical (unpaired) electrons. The lowest BCUT2D eigenvalue weighted by Gasteiger charge is -2.10. The van der Waals surface area contributed by atoms with E-state index in [1.165, 1.54) is 12.1 Å². The number of benzene rings is 2. The van der Waals surface area contributed by atoms with Gasteiger partial charge in [-0.1, -0.05) is 27.5 Å². The van der Waals surface area contributed by atoms with Crippen LogP contribution in [0.2, 0.25) is 5.02 Å². The molecule has 0 aliphatic rings. The molecule has 0 aromatic heterocycles.